The predicted octanol–water partition coefficient (Wildman–Crippen LogP) is 2.92. The van der Waals surface area contributed by atoms with E-state index in [9.17, 15) is 4.79 Å². The molecule has 1 aromatic carbocycles. The molecule has 94 valence electrons. The molecule has 0 spiro atoms. The molecule has 3 nitrogen and oxygen atoms in total. The Morgan fingerprint density at radius 2 is 2.28 bits per heavy atom. The van der Waals surface area contributed by atoms with Crippen LogP contribution in [0.3, 0.4) is 0 Å². The van der Waals surface area contributed by atoms with Crippen LogP contribution in [0.15, 0.2) is 30.4 Å². The van der Waals surface area contributed by atoms with Gasteiger partial charge < -0.3 is 10.1 Å². The summed E-state index contributed by atoms with van der Waals surface area (Å²) in [7, 11) is 0. The molecule has 1 amide bonds. The number of hydrogen-bond donors (Lipinski definition) is 1. The molecule has 1 aliphatic heterocycles. The molecule has 0 aromatic heterocycles. The van der Waals surface area contributed by atoms with Crippen LogP contribution >= 0.6 is 0 Å². The van der Waals surface area contributed by atoms with Crippen LogP contribution in [-0.4, -0.2) is 12.5 Å². The second-order valence-electron chi connectivity index (χ2n) is 4.89. The van der Waals surface area contributed by atoms with Crippen molar-refractivity contribution in [1.29, 1.82) is 0 Å². The summed E-state index contributed by atoms with van der Waals surface area (Å²) in [5, 5.41) is 3.01. The zero-order valence-electron chi connectivity index (χ0n) is 10.3. The predicted molar refractivity (Wildman–Crippen MR) is 70.8 cm³/mol. The Kier molecular flexibility index (Phi) is 3.05. The zero-order valence-corrected chi connectivity index (χ0v) is 10.3. The van der Waals surface area contributed by atoms with Crippen molar-refractivity contribution in [2.45, 2.75) is 25.7 Å². The molecule has 1 atom stereocenters. The number of nitrogens with one attached hydrogen (secondary N) is 1. The summed E-state index contributed by atoms with van der Waals surface area (Å²) in [6.07, 6.45) is 8.01. The number of allylic oxidation sites excluding steroid dienone is 2. The fraction of sp³-hybridized carbons (Fsp3) is 0.400. The van der Waals surface area contributed by atoms with Crippen LogP contribution in [0.4, 0.5) is 5.69 Å². The maximum Gasteiger partial charge on any atom is 0.227 e. The molecule has 1 heterocycles. The second-order valence-corrected chi connectivity index (χ2v) is 4.89. The summed E-state index contributed by atoms with van der Waals surface area (Å²) in [4.78, 5) is 12.1. The van der Waals surface area contributed by atoms with Gasteiger partial charge in [-0.3, -0.25) is 4.79 Å². The highest BCUT2D eigenvalue weighted by atomic mass is 16.5. The van der Waals surface area contributed by atoms with Crippen molar-refractivity contribution in [3.8, 4) is 5.75 Å². The number of amides is 1. The van der Waals surface area contributed by atoms with Gasteiger partial charge in [0.1, 0.15) is 5.75 Å². The summed E-state index contributed by atoms with van der Waals surface area (Å²) >= 11 is 0. The average molecular weight is 243 g/mol. The Labute approximate surface area is 107 Å². The van der Waals surface area contributed by atoms with Gasteiger partial charge in [-0.2, -0.15) is 0 Å². The largest absolute Gasteiger partial charge is 0.493 e. The van der Waals surface area contributed by atoms with E-state index in [0.29, 0.717) is 0 Å². The van der Waals surface area contributed by atoms with Crippen molar-refractivity contribution in [2.75, 3.05) is 11.9 Å². The van der Waals surface area contributed by atoms with E-state index in [2.05, 4.69) is 17.5 Å². The third-order valence-electron chi connectivity index (χ3n) is 3.60. The number of anilines is 1. The first kappa shape index (κ1) is 11.3. The fourth-order valence-electron chi connectivity index (χ4n) is 2.54. The van der Waals surface area contributed by atoms with Gasteiger partial charge in [-0.25, -0.2) is 0 Å². The van der Waals surface area contributed by atoms with Crippen molar-refractivity contribution in [2.24, 2.45) is 5.92 Å². The molecule has 0 bridgehead atoms. The molecule has 0 fully saturated rings. The fourth-order valence-corrected chi connectivity index (χ4v) is 2.54. The minimum Gasteiger partial charge on any atom is -0.493 e. The molecule has 1 aromatic rings. The molecule has 1 N–H and O–H groups in total. The normalized spacial score (nSPS) is 21.2. The van der Waals surface area contributed by atoms with Gasteiger partial charge in [0, 0.05) is 18.0 Å². The maximum absolute atomic E-state index is 12.1. The van der Waals surface area contributed by atoms with E-state index in [-0.39, 0.29) is 11.8 Å². The molecule has 0 radical (unpaired) electrons. The molecule has 3 rings (SSSR count). The molecular weight excluding hydrogens is 226 g/mol. The summed E-state index contributed by atoms with van der Waals surface area (Å²) in [6.45, 7) is 0.750. The molecule has 1 aliphatic carbocycles. The molecule has 1 unspecified atom stereocenters. The minimum atomic E-state index is 0.125. The highest BCUT2D eigenvalue weighted by Crippen LogP contribution is 2.28. The van der Waals surface area contributed by atoms with E-state index in [1.807, 2.05) is 18.2 Å². The van der Waals surface area contributed by atoms with Crippen LogP contribution < -0.4 is 10.1 Å². The minimum absolute atomic E-state index is 0.125. The Balaban J connectivity index is 1.68. The van der Waals surface area contributed by atoms with Crippen LogP contribution in [0.5, 0.6) is 5.75 Å². The third-order valence-corrected chi connectivity index (χ3v) is 3.60. The standard InChI is InChI=1S/C15H17NO2/c17-15(11-4-2-1-3-5-11)16-13-6-7-14-12(10-13)8-9-18-14/h1-2,6-7,10-11H,3-5,8-9H2,(H,16,17). The first-order chi connectivity index (χ1) is 8.83. The Bertz CT molecular complexity index is 493. The van der Waals surface area contributed by atoms with Gasteiger partial charge in [-0.05, 0) is 43.0 Å². The number of ether oxygens (including phenoxy) is 1. The number of rotatable bonds is 2. The molecule has 3 heteroatoms. The average Bonchev–Trinajstić information content (AvgIpc) is 2.87. The smallest absolute Gasteiger partial charge is 0.227 e. The summed E-state index contributed by atoms with van der Waals surface area (Å²) in [5.74, 6) is 1.21. The highest BCUT2D eigenvalue weighted by molar-refractivity contribution is 5.92. The lowest BCUT2D eigenvalue weighted by atomic mass is 9.93. The van der Waals surface area contributed by atoms with E-state index < -0.39 is 0 Å². The summed E-state index contributed by atoms with van der Waals surface area (Å²) < 4.78 is 5.45. The van der Waals surface area contributed by atoms with Crippen molar-refractivity contribution < 1.29 is 9.53 Å². The van der Waals surface area contributed by atoms with Crippen LogP contribution in [0.2, 0.25) is 0 Å². The lowest BCUT2D eigenvalue weighted by molar-refractivity contribution is -0.120. The number of fused-ring (bicyclic) bond motifs is 1. The lowest BCUT2D eigenvalue weighted by Crippen LogP contribution is -2.23. The number of carbonyl (C=O) groups is 1. The van der Waals surface area contributed by atoms with Gasteiger partial charge in [-0.1, -0.05) is 12.2 Å². The third kappa shape index (κ3) is 2.26. The van der Waals surface area contributed by atoms with Crippen molar-refractivity contribution in [3.05, 3.63) is 35.9 Å². The topological polar surface area (TPSA) is 38.3 Å². The summed E-state index contributed by atoms with van der Waals surface area (Å²) in [5.41, 5.74) is 2.08. The van der Waals surface area contributed by atoms with Crippen molar-refractivity contribution in [3.63, 3.8) is 0 Å². The van der Waals surface area contributed by atoms with Gasteiger partial charge in [0.15, 0.2) is 0 Å². The van der Waals surface area contributed by atoms with Crippen LogP contribution in [0, 0.1) is 5.92 Å². The maximum atomic E-state index is 12.1. The Hall–Kier alpha value is -1.77. The van der Waals surface area contributed by atoms with Gasteiger partial charge in [0.2, 0.25) is 5.91 Å². The van der Waals surface area contributed by atoms with E-state index in [4.69, 9.17) is 4.74 Å². The molecule has 0 saturated heterocycles. The van der Waals surface area contributed by atoms with Crippen molar-refractivity contribution >= 4 is 11.6 Å². The number of carbonyl (C=O) groups excluding carboxylic acids is 1. The second kappa shape index (κ2) is 4.84. The molecule has 0 saturated carbocycles. The first-order valence-corrected chi connectivity index (χ1v) is 6.54. The lowest BCUT2D eigenvalue weighted by Gasteiger charge is -2.17. The Morgan fingerprint density at radius 3 is 3.11 bits per heavy atom. The van der Waals surface area contributed by atoms with Gasteiger partial charge in [0.25, 0.3) is 0 Å². The Morgan fingerprint density at radius 1 is 1.33 bits per heavy atom. The first-order valence-electron chi connectivity index (χ1n) is 6.54. The van der Waals surface area contributed by atoms with E-state index in [1.54, 1.807) is 0 Å². The van der Waals surface area contributed by atoms with Gasteiger partial charge in [-0.15, -0.1) is 0 Å². The van der Waals surface area contributed by atoms with Gasteiger partial charge in [0.05, 0.1) is 6.61 Å². The van der Waals surface area contributed by atoms with Crippen LogP contribution in [-0.2, 0) is 11.2 Å². The zero-order chi connectivity index (χ0) is 12.4. The number of benzene rings is 1. The quantitative estimate of drug-likeness (QED) is 0.811. The molecular formula is C15H17NO2. The SMILES string of the molecule is O=C(Nc1ccc2c(c1)CCO2)C1CC=CCC1. The van der Waals surface area contributed by atoms with E-state index >= 15 is 0 Å². The number of hydrogen-bond acceptors (Lipinski definition) is 2. The van der Waals surface area contributed by atoms with E-state index in [0.717, 1.165) is 43.7 Å². The molecule has 18 heavy (non-hydrogen) atoms. The van der Waals surface area contributed by atoms with Crippen LogP contribution in [0.25, 0.3) is 0 Å². The van der Waals surface area contributed by atoms with Crippen molar-refractivity contribution in [1.82, 2.24) is 0 Å². The van der Waals surface area contributed by atoms with Gasteiger partial charge >= 0.3 is 0 Å². The molecule has 2 aliphatic rings. The summed E-state index contributed by atoms with van der Waals surface area (Å²) in [6, 6.07) is 5.89. The van der Waals surface area contributed by atoms with Crippen LogP contribution in [0.1, 0.15) is 24.8 Å². The van der Waals surface area contributed by atoms with E-state index in [1.165, 1.54) is 5.56 Å². The highest BCUT2D eigenvalue weighted by Gasteiger charge is 2.19. The monoisotopic (exact) mass is 243 g/mol.